The van der Waals surface area contributed by atoms with Crippen LogP contribution in [0.2, 0.25) is 0 Å². The van der Waals surface area contributed by atoms with Crippen molar-refractivity contribution in [2.75, 3.05) is 13.7 Å². The van der Waals surface area contributed by atoms with Gasteiger partial charge in [-0.1, -0.05) is 42.0 Å². The summed E-state index contributed by atoms with van der Waals surface area (Å²) >= 11 is 0. The SMILES string of the molecule is COc1ccc(C(c2ccc(F)cc2)c2cc(C)cc(C)c2OCC(O)C[C@@H](O)CC(=O)O)cc1. The van der Waals surface area contributed by atoms with Crippen molar-refractivity contribution in [1.82, 2.24) is 0 Å². The number of aryl methyl sites for hydroxylation is 2. The Morgan fingerprint density at radius 1 is 0.943 bits per heavy atom. The summed E-state index contributed by atoms with van der Waals surface area (Å²) in [5.74, 6) is -0.463. The van der Waals surface area contributed by atoms with Gasteiger partial charge in [0.25, 0.3) is 0 Å². The third kappa shape index (κ3) is 7.04. The number of carboxylic acids is 1. The van der Waals surface area contributed by atoms with Gasteiger partial charge in [0.1, 0.15) is 23.9 Å². The molecule has 0 saturated heterocycles. The lowest BCUT2D eigenvalue weighted by molar-refractivity contribution is -0.139. The van der Waals surface area contributed by atoms with Gasteiger partial charge in [-0.15, -0.1) is 0 Å². The van der Waals surface area contributed by atoms with Crippen LogP contribution in [0.15, 0.2) is 60.7 Å². The number of benzene rings is 3. The fourth-order valence-electron chi connectivity index (χ4n) is 4.25. The smallest absolute Gasteiger partial charge is 0.305 e. The number of methoxy groups -OCH3 is 1. The number of aliphatic hydroxyl groups excluding tert-OH is 2. The highest BCUT2D eigenvalue weighted by molar-refractivity contribution is 5.67. The molecule has 3 atom stereocenters. The highest BCUT2D eigenvalue weighted by Crippen LogP contribution is 2.40. The van der Waals surface area contributed by atoms with E-state index in [0.29, 0.717) is 11.5 Å². The molecular formula is C28H31FO6. The fraction of sp³-hybridized carbons (Fsp3) is 0.321. The molecule has 35 heavy (non-hydrogen) atoms. The molecule has 0 saturated carbocycles. The van der Waals surface area contributed by atoms with Crippen LogP contribution in [-0.4, -0.2) is 47.2 Å². The van der Waals surface area contributed by atoms with Crippen LogP contribution < -0.4 is 9.47 Å². The van der Waals surface area contributed by atoms with Crippen molar-refractivity contribution >= 4 is 5.97 Å². The van der Waals surface area contributed by atoms with Gasteiger partial charge in [0.15, 0.2) is 0 Å². The van der Waals surface area contributed by atoms with E-state index in [0.717, 1.165) is 27.8 Å². The van der Waals surface area contributed by atoms with E-state index >= 15 is 0 Å². The second-order valence-corrected chi connectivity index (χ2v) is 8.71. The zero-order valence-electron chi connectivity index (χ0n) is 20.1. The average molecular weight is 483 g/mol. The van der Waals surface area contributed by atoms with Crippen molar-refractivity contribution in [1.29, 1.82) is 0 Å². The van der Waals surface area contributed by atoms with Crippen molar-refractivity contribution in [3.05, 3.63) is 94.3 Å². The largest absolute Gasteiger partial charge is 0.497 e. The Balaban J connectivity index is 1.99. The monoisotopic (exact) mass is 482 g/mol. The van der Waals surface area contributed by atoms with Crippen LogP contribution in [0.1, 0.15) is 46.6 Å². The Morgan fingerprint density at radius 2 is 1.54 bits per heavy atom. The first kappa shape index (κ1) is 26.2. The molecule has 6 nitrogen and oxygen atoms in total. The van der Waals surface area contributed by atoms with E-state index in [-0.39, 0.29) is 24.8 Å². The lowest BCUT2D eigenvalue weighted by atomic mass is 9.83. The molecule has 0 aromatic heterocycles. The van der Waals surface area contributed by atoms with E-state index in [1.807, 2.05) is 50.2 Å². The molecule has 0 aliphatic heterocycles. The summed E-state index contributed by atoms with van der Waals surface area (Å²) < 4.78 is 25.1. The summed E-state index contributed by atoms with van der Waals surface area (Å²) in [6, 6.07) is 17.9. The Kier molecular flexibility index (Phi) is 8.84. The summed E-state index contributed by atoms with van der Waals surface area (Å²) in [6.45, 7) is 3.77. The third-order valence-corrected chi connectivity index (χ3v) is 5.79. The lowest BCUT2D eigenvalue weighted by Crippen LogP contribution is -2.26. The number of ether oxygens (including phenoxy) is 2. The maximum Gasteiger partial charge on any atom is 0.305 e. The fourth-order valence-corrected chi connectivity index (χ4v) is 4.25. The summed E-state index contributed by atoms with van der Waals surface area (Å²) in [4.78, 5) is 10.8. The molecule has 7 heteroatoms. The standard InChI is InChI=1S/C28H31FO6/c1-17-12-18(2)28(35-16-23(31)14-22(30)15-26(32)33)25(13-17)27(19-4-8-21(29)9-5-19)20-6-10-24(34-3)11-7-20/h4-13,22-23,27,30-31H,14-16H2,1-3H3,(H,32,33)/t22-,23?,27?/m1/s1. The first-order valence-electron chi connectivity index (χ1n) is 11.4. The van der Waals surface area contributed by atoms with E-state index in [1.165, 1.54) is 12.1 Å². The number of carboxylic acid groups (broad SMARTS) is 1. The number of halogens is 1. The summed E-state index contributed by atoms with van der Waals surface area (Å²) in [7, 11) is 1.60. The number of aliphatic carboxylic acids is 1. The van der Waals surface area contributed by atoms with Gasteiger partial charge in [-0.25, -0.2) is 4.39 Å². The molecule has 3 N–H and O–H groups in total. The molecule has 0 aliphatic carbocycles. The number of aliphatic hydroxyl groups is 2. The molecule has 2 unspecified atom stereocenters. The van der Waals surface area contributed by atoms with Crippen molar-refractivity contribution in [2.24, 2.45) is 0 Å². The highest BCUT2D eigenvalue weighted by Gasteiger charge is 2.24. The van der Waals surface area contributed by atoms with E-state index in [2.05, 4.69) is 0 Å². The van der Waals surface area contributed by atoms with E-state index < -0.39 is 24.6 Å². The first-order chi connectivity index (χ1) is 16.7. The molecule has 186 valence electrons. The zero-order valence-corrected chi connectivity index (χ0v) is 20.1. The molecule has 3 aromatic carbocycles. The average Bonchev–Trinajstić information content (AvgIpc) is 2.79. The second kappa shape index (κ2) is 11.8. The van der Waals surface area contributed by atoms with Gasteiger partial charge in [0, 0.05) is 17.9 Å². The van der Waals surface area contributed by atoms with Crippen LogP contribution in [0.4, 0.5) is 4.39 Å². The van der Waals surface area contributed by atoms with Crippen molar-refractivity contribution in [2.45, 2.75) is 44.8 Å². The lowest BCUT2D eigenvalue weighted by Gasteiger charge is -2.25. The summed E-state index contributed by atoms with van der Waals surface area (Å²) in [5, 5.41) is 29.0. The van der Waals surface area contributed by atoms with Crippen LogP contribution in [0.3, 0.4) is 0 Å². The minimum Gasteiger partial charge on any atom is -0.497 e. The van der Waals surface area contributed by atoms with Gasteiger partial charge in [0.2, 0.25) is 0 Å². The highest BCUT2D eigenvalue weighted by atomic mass is 19.1. The van der Waals surface area contributed by atoms with Crippen LogP contribution in [0.5, 0.6) is 11.5 Å². The van der Waals surface area contributed by atoms with Gasteiger partial charge < -0.3 is 24.8 Å². The van der Waals surface area contributed by atoms with Crippen molar-refractivity contribution < 1.29 is 34.0 Å². The van der Waals surface area contributed by atoms with Crippen molar-refractivity contribution in [3.63, 3.8) is 0 Å². The molecule has 0 aliphatic rings. The summed E-state index contributed by atoms with van der Waals surface area (Å²) in [6.07, 6.45) is -2.79. The topological polar surface area (TPSA) is 96.2 Å². The van der Waals surface area contributed by atoms with Crippen molar-refractivity contribution in [3.8, 4) is 11.5 Å². The molecule has 0 amide bonds. The Bertz CT molecular complexity index is 1130. The van der Waals surface area contributed by atoms with Gasteiger partial charge in [-0.2, -0.15) is 0 Å². The molecule has 3 aromatic rings. The predicted octanol–water partition coefficient (Wildman–Crippen LogP) is 4.60. The Hall–Kier alpha value is -3.42. The zero-order chi connectivity index (χ0) is 25.5. The first-order valence-corrected chi connectivity index (χ1v) is 11.4. The number of hydrogen-bond donors (Lipinski definition) is 3. The van der Waals surface area contributed by atoms with E-state index in [1.54, 1.807) is 19.2 Å². The van der Waals surface area contributed by atoms with Crippen LogP contribution in [0, 0.1) is 19.7 Å². The molecule has 0 spiro atoms. The van der Waals surface area contributed by atoms with Gasteiger partial charge >= 0.3 is 5.97 Å². The van der Waals surface area contributed by atoms with Gasteiger partial charge in [-0.05, 0) is 54.8 Å². The van der Waals surface area contributed by atoms with E-state index in [9.17, 15) is 19.4 Å². The molecule has 0 heterocycles. The normalized spacial score (nSPS) is 13.7. The van der Waals surface area contributed by atoms with Crippen LogP contribution in [0.25, 0.3) is 0 Å². The molecule has 0 fully saturated rings. The Labute approximate surface area is 204 Å². The van der Waals surface area contributed by atoms with Gasteiger partial charge in [0.05, 0.1) is 25.7 Å². The maximum atomic E-state index is 13.7. The van der Waals surface area contributed by atoms with Crippen LogP contribution in [-0.2, 0) is 4.79 Å². The third-order valence-electron chi connectivity index (χ3n) is 5.79. The number of hydrogen-bond acceptors (Lipinski definition) is 5. The van der Waals surface area contributed by atoms with Gasteiger partial charge in [-0.3, -0.25) is 4.79 Å². The molecule has 3 rings (SSSR count). The minimum absolute atomic E-state index is 0.119. The number of rotatable bonds is 11. The van der Waals surface area contributed by atoms with E-state index in [4.69, 9.17) is 14.6 Å². The second-order valence-electron chi connectivity index (χ2n) is 8.71. The maximum absolute atomic E-state index is 13.7. The quantitative estimate of drug-likeness (QED) is 0.346. The van der Waals surface area contributed by atoms with Crippen LogP contribution >= 0.6 is 0 Å². The predicted molar refractivity (Wildman–Crippen MR) is 131 cm³/mol. The number of carbonyl (C=O) groups is 1. The molecule has 0 radical (unpaired) electrons. The minimum atomic E-state index is -1.17. The Morgan fingerprint density at radius 3 is 2.11 bits per heavy atom. The summed E-state index contributed by atoms with van der Waals surface area (Å²) in [5.41, 5.74) is 4.54. The molecular weight excluding hydrogens is 451 g/mol. The molecule has 0 bridgehead atoms.